The predicted molar refractivity (Wildman–Crippen MR) is 150 cm³/mol. The normalized spacial score (nSPS) is 27.4. The maximum Gasteiger partial charge on any atom is 0.351 e. The highest BCUT2D eigenvalue weighted by Gasteiger charge is 2.75. The Morgan fingerprint density at radius 1 is 1.16 bits per heavy atom. The molecule has 0 aromatic carbocycles. The van der Waals surface area contributed by atoms with E-state index in [0.29, 0.717) is 0 Å². The third-order valence-electron chi connectivity index (χ3n) is 9.10. The van der Waals surface area contributed by atoms with E-state index in [4.69, 9.17) is 14.9 Å². The number of carbonyl (C=O) groups is 1. The van der Waals surface area contributed by atoms with E-state index in [1.54, 1.807) is 14.1 Å². The highest BCUT2D eigenvalue weighted by molar-refractivity contribution is 6.83. The van der Waals surface area contributed by atoms with Crippen LogP contribution in [0, 0.1) is 0 Å². The second-order valence-corrected chi connectivity index (χ2v) is 23.9. The molecule has 2 heterocycles. The van der Waals surface area contributed by atoms with Crippen LogP contribution in [0.4, 0.5) is 5.82 Å². The number of aromatic nitrogens is 2. The van der Waals surface area contributed by atoms with E-state index in [-0.39, 0.29) is 23.4 Å². The van der Waals surface area contributed by atoms with Gasteiger partial charge in [-0.1, -0.05) is 54.6 Å². The Hall–Kier alpha value is -1.58. The molecular formula is C25H48N4O6Si2. The van der Waals surface area contributed by atoms with Gasteiger partial charge in [0, 0.05) is 20.3 Å². The number of aliphatic hydroxyl groups is 2. The van der Waals surface area contributed by atoms with Gasteiger partial charge in [0.05, 0.1) is 13.0 Å². The molecular weight excluding hydrogens is 508 g/mol. The standard InChI is InChI=1S/C25H48N4O6Si2/c1-22(2,3)36(9,10)25(33)20(29-14-13-18(26)27-21(29)31)35-17(16-34-37(11,12)23(4,5)6)24(25,32)15-19(30)28(7)8/h13-14,17,20,32-33H,15-16H2,1-12H3,(H2,26,27,31)/t17-,20-,24-,25-/m1/s1. The number of nitrogens with two attached hydrogens (primary N) is 1. The summed E-state index contributed by atoms with van der Waals surface area (Å²) in [5.41, 5.74) is 2.97. The summed E-state index contributed by atoms with van der Waals surface area (Å²) >= 11 is 0. The molecule has 12 heteroatoms. The first-order valence-electron chi connectivity index (χ1n) is 12.7. The molecule has 212 valence electrons. The molecule has 0 bridgehead atoms. The Labute approximate surface area is 223 Å². The molecule has 1 aromatic rings. The smallest absolute Gasteiger partial charge is 0.351 e. The fourth-order valence-electron chi connectivity index (χ4n) is 4.43. The minimum Gasteiger partial charge on any atom is -0.414 e. The van der Waals surface area contributed by atoms with Crippen molar-refractivity contribution in [3.63, 3.8) is 0 Å². The number of nitrogens with zero attached hydrogens (tertiary/aromatic N) is 3. The van der Waals surface area contributed by atoms with Crippen molar-refractivity contribution in [3.8, 4) is 0 Å². The molecule has 1 aliphatic heterocycles. The SMILES string of the molecule is CN(C)C(=O)C[C@@]1(O)[C@@H](CO[Si](C)(C)C(C)(C)C)O[C@@H](n2ccc(N)nc2=O)[C@@]1(O)[Si](C)(C)C(C)(C)C. The summed E-state index contributed by atoms with van der Waals surface area (Å²) in [6, 6.07) is 1.44. The quantitative estimate of drug-likeness (QED) is 0.436. The first kappa shape index (κ1) is 31.6. The van der Waals surface area contributed by atoms with E-state index in [1.807, 2.05) is 33.9 Å². The average molecular weight is 557 g/mol. The van der Waals surface area contributed by atoms with Crippen molar-refractivity contribution in [1.82, 2.24) is 14.5 Å². The molecule has 0 radical (unpaired) electrons. The Kier molecular flexibility index (Phi) is 8.44. The summed E-state index contributed by atoms with van der Waals surface area (Å²) in [5.74, 6) is -0.338. The summed E-state index contributed by atoms with van der Waals surface area (Å²) in [6.07, 6.45) is -1.37. The number of nitrogen functional groups attached to an aromatic ring is 1. The minimum atomic E-state index is -3.02. The molecule has 10 nitrogen and oxygen atoms in total. The maximum atomic E-state index is 13.1. The van der Waals surface area contributed by atoms with Crippen LogP contribution in [0.5, 0.6) is 0 Å². The van der Waals surface area contributed by atoms with Crippen molar-refractivity contribution in [2.24, 2.45) is 0 Å². The van der Waals surface area contributed by atoms with Gasteiger partial charge >= 0.3 is 5.69 Å². The molecule has 0 spiro atoms. The minimum absolute atomic E-state index is 0.0333. The topological polar surface area (TPSA) is 140 Å². The molecule has 1 amide bonds. The van der Waals surface area contributed by atoms with Crippen molar-refractivity contribution in [2.75, 3.05) is 26.4 Å². The van der Waals surface area contributed by atoms with E-state index >= 15 is 0 Å². The second-order valence-electron chi connectivity index (χ2n) is 13.6. The van der Waals surface area contributed by atoms with Crippen LogP contribution in [-0.2, 0) is 14.0 Å². The number of hydrogen-bond acceptors (Lipinski definition) is 8. The second kappa shape index (κ2) is 9.87. The third kappa shape index (κ3) is 5.33. The Balaban J connectivity index is 2.83. The zero-order chi connectivity index (χ0) is 29.0. The van der Waals surface area contributed by atoms with Gasteiger partial charge < -0.3 is 30.0 Å². The highest BCUT2D eigenvalue weighted by Crippen LogP contribution is 2.58. The van der Waals surface area contributed by atoms with Crippen molar-refractivity contribution in [3.05, 3.63) is 22.7 Å². The lowest BCUT2D eigenvalue weighted by Crippen LogP contribution is -2.74. The van der Waals surface area contributed by atoms with Crippen LogP contribution in [0.2, 0.25) is 36.3 Å². The molecule has 0 unspecified atom stereocenters. The van der Waals surface area contributed by atoms with Crippen molar-refractivity contribution < 1.29 is 24.2 Å². The molecule has 1 aromatic heterocycles. The van der Waals surface area contributed by atoms with Gasteiger partial charge in [-0.25, -0.2) is 4.79 Å². The molecule has 1 aliphatic rings. The lowest BCUT2D eigenvalue weighted by molar-refractivity contribution is -0.150. The summed E-state index contributed by atoms with van der Waals surface area (Å²) in [6.45, 7) is 20.3. The summed E-state index contributed by atoms with van der Waals surface area (Å²) in [7, 11) is -2.13. The van der Waals surface area contributed by atoms with E-state index in [2.05, 4.69) is 38.8 Å². The van der Waals surface area contributed by atoms with Crippen LogP contribution in [0.25, 0.3) is 0 Å². The monoisotopic (exact) mass is 556 g/mol. The van der Waals surface area contributed by atoms with Crippen LogP contribution in [0.3, 0.4) is 0 Å². The number of anilines is 1. The lowest BCUT2D eigenvalue weighted by Gasteiger charge is -2.54. The number of hydrogen-bond donors (Lipinski definition) is 3. The zero-order valence-corrected chi connectivity index (χ0v) is 26.7. The van der Waals surface area contributed by atoms with Crippen LogP contribution in [-0.4, -0.2) is 84.6 Å². The van der Waals surface area contributed by atoms with Crippen LogP contribution < -0.4 is 11.4 Å². The van der Waals surface area contributed by atoms with Crippen LogP contribution >= 0.6 is 0 Å². The number of rotatable bonds is 7. The first-order chi connectivity index (χ1) is 16.4. The Morgan fingerprint density at radius 2 is 1.70 bits per heavy atom. The summed E-state index contributed by atoms with van der Waals surface area (Å²) in [4.78, 5) is 31.3. The predicted octanol–water partition coefficient (Wildman–Crippen LogP) is 2.73. The van der Waals surface area contributed by atoms with Gasteiger partial charge in [-0.2, -0.15) is 4.98 Å². The van der Waals surface area contributed by atoms with Gasteiger partial charge in [-0.3, -0.25) is 9.36 Å². The molecule has 4 N–H and O–H groups in total. The lowest BCUT2D eigenvalue weighted by atomic mass is 9.87. The van der Waals surface area contributed by atoms with Gasteiger partial charge in [0.1, 0.15) is 30.8 Å². The maximum absolute atomic E-state index is 13.1. The highest BCUT2D eigenvalue weighted by atomic mass is 28.4. The molecule has 0 aliphatic carbocycles. The van der Waals surface area contributed by atoms with Crippen LogP contribution in [0.1, 0.15) is 54.2 Å². The first-order valence-corrected chi connectivity index (χ1v) is 18.6. The van der Waals surface area contributed by atoms with Gasteiger partial charge in [-0.15, -0.1) is 0 Å². The van der Waals surface area contributed by atoms with E-state index < -0.39 is 56.7 Å². The van der Waals surface area contributed by atoms with Gasteiger partial charge in [0.2, 0.25) is 5.91 Å². The van der Waals surface area contributed by atoms with Crippen molar-refractivity contribution in [1.29, 1.82) is 0 Å². The molecule has 37 heavy (non-hydrogen) atoms. The molecule has 2 rings (SSSR count). The van der Waals surface area contributed by atoms with Crippen molar-refractivity contribution >= 4 is 28.1 Å². The zero-order valence-electron chi connectivity index (χ0n) is 24.7. The average Bonchev–Trinajstić information content (AvgIpc) is 2.93. The van der Waals surface area contributed by atoms with Gasteiger partial charge in [0.25, 0.3) is 0 Å². The van der Waals surface area contributed by atoms with Crippen molar-refractivity contribution in [2.45, 2.75) is 107 Å². The summed E-state index contributed by atoms with van der Waals surface area (Å²) in [5, 5.41) is 22.8. The number of amides is 1. The molecule has 0 saturated carbocycles. The van der Waals surface area contributed by atoms with E-state index in [0.717, 1.165) is 0 Å². The largest absolute Gasteiger partial charge is 0.414 e. The fraction of sp³-hybridized carbons (Fsp3) is 0.800. The molecule has 4 atom stereocenters. The van der Waals surface area contributed by atoms with E-state index in [1.165, 1.54) is 21.7 Å². The van der Waals surface area contributed by atoms with E-state index in [9.17, 15) is 19.8 Å². The number of ether oxygens (including phenoxy) is 1. The number of carbonyl (C=O) groups excluding carboxylic acids is 1. The third-order valence-corrected chi connectivity index (χ3v) is 19.9. The summed E-state index contributed by atoms with van der Waals surface area (Å²) < 4.78 is 14.0. The van der Waals surface area contributed by atoms with Gasteiger partial charge in [0.15, 0.2) is 14.5 Å². The fourth-order valence-corrected chi connectivity index (χ4v) is 8.73. The van der Waals surface area contributed by atoms with Gasteiger partial charge in [-0.05, 0) is 29.2 Å². The molecule has 1 saturated heterocycles. The molecule has 1 fully saturated rings. The Bertz CT molecular complexity index is 1060. The Morgan fingerprint density at radius 3 is 2.14 bits per heavy atom. The van der Waals surface area contributed by atoms with Crippen LogP contribution in [0.15, 0.2) is 17.1 Å².